The predicted octanol–water partition coefficient (Wildman–Crippen LogP) is 1.34. The van der Waals surface area contributed by atoms with Gasteiger partial charge < -0.3 is 56.8 Å². The van der Waals surface area contributed by atoms with Crippen molar-refractivity contribution in [2.45, 2.75) is 40.7 Å². The minimum atomic E-state index is -1.33. The van der Waals surface area contributed by atoms with E-state index < -0.39 is 30.6 Å². The first kappa shape index (κ1) is 42.7. The average Bonchev–Trinajstić information content (AvgIpc) is 3.13. The Labute approximate surface area is 320 Å². The quantitative estimate of drug-likeness (QED) is 0.0401. The number of carboxylic acid groups (broad SMARTS) is 1. The Kier molecular flexibility index (Phi) is 16.5. The summed E-state index contributed by atoms with van der Waals surface area (Å²) in [6.07, 6.45) is -1.33. The molecule has 1 atom stereocenters. The molecule has 0 spiro atoms. The van der Waals surface area contributed by atoms with Crippen LogP contribution in [0.3, 0.4) is 0 Å². The molecule has 1 aliphatic heterocycles. The van der Waals surface area contributed by atoms with Crippen LogP contribution in [0.2, 0.25) is 0 Å². The second-order valence-corrected chi connectivity index (χ2v) is 12.2. The molecule has 286 valence electrons. The topological polar surface area (TPSA) is 163 Å². The van der Waals surface area contributed by atoms with Gasteiger partial charge in [0.15, 0.2) is 11.7 Å². The van der Waals surface area contributed by atoms with E-state index in [1.165, 1.54) is 6.92 Å². The van der Waals surface area contributed by atoms with Crippen LogP contribution in [-0.2, 0) is 23.8 Å². The van der Waals surface area contributed by atoms with E-state index in [1.807, 2.05) is 36.4 Å². The summed E-state index contributed by atoms with van der Waals surface area (Å²) in [7, 11) is 0. The third-order valence-electron chi connectivity index (χ3n) is 8.42. The summed E-state index contributed by atoms with van der Waals surface area (Å²) in [4.78, 5) is 37.8. The first-order valence-electron chi connectivity index (χ1n) is 17.3. The number of thiocarbonyl (C=S) groups is 1. The molecule has 0 fully saturated rings. The summed E-state index contributed by atoms with van der Waals surface area (Å²) >= 11 is 5.43. The summed E-state index contributed by atoms with van der Waals surface area (Å²) in [5, 5.41) is 27.7. The van der Waals surface area contributed by atoms with Gasteiger partial charge in [-0.3, -0.25) is 0 Å². The van der Waals surface area contributed by atoms with Crippen molar-refractivity contribution >= 4 is 57.6 Å². The third-order valence-corrected chi connectivity index (χ3v) is 8.67. The second kappa shape index (κ2) is 20.5. The lowest BCUT2D eigenvalue weighted by molar-refractivity contribution is -0.164. The zero-order chi connectivity index (χ0) is 37.8. The molecular weight excluding hydrogens is 724 g/mol. The van der Waals surface area contributed by atoms with E-state index in [0.717, 1.165) is 53.7 Å². The Morgan fingerprint density at radius 3 is 2.30 bits per heavy atom. The monoisotopic (exact) mass is 770 g/mol. The number of carboxylic acids is 1. The number of aliphatic hydroxyl groups is 1. The molecule has 2 aliphatic rings. The van der Waals surface area contributed by atoms with Gasteiger partial charge in [0.25, 0.3) is 0 Å². The fraction of sp³-hybridized carbons (Fsp3) is 0.395. The lowest BCUT2D eigenvalue weighted by atomic mass is 9.90. The van der Waals surface area contributed by atoms with Gasteiger partial charge in [0.05, 0.1) is 24.8 Å². The molecule has 0 saturated heterocycles. The van der Waals surface area contributed by atoms with Crippen LogP contribution in [0.4, 0.5) is 11.4 Å². The Bertz CT molecular complexity index is 1940. The molecule has 53 heavy (non-hydrogen) atoms. The van der Waals surface area contributed by atoms with Gasteiger partial charge in [-0.1, -0.05) is 6.07 Å². The molecule has 1 aliphatic carbocycles. The number of carbonyl (C=O) groups is 3. The SMILES string of the molecule is CCN(CC)c1ccc2c(-c3ccc(NC(=S)NCCOCCOC(=O)COC(=O)C(C)O)cc3C(=O)O)c3ccc(=[N+](CC)CC)cc-3oc2c1.[Cl-]. The summed E-state index contributed by atoms with van der Waals surface area (Å²) in [5.41, 5.74) is 4.38. The number of hydrogen-bond acceptors (Lipinski definition) is 10. The number of rotatable bonds is 17. The lowest BCUT2D eigenvalue weighted by Gasteiger charge is -2.22. The van der Waals surface area contributed by atoms with Gasteiger partial charge in [-0.15, -0.1) is 0 Å². The normalized spacial score (nSPS) is 11.4. The summed E-state index contributed by atoms with van der Waals surface area (Å²) in [6, 6.07) is 17.3. The molecule has 1 unspecified atom stereocenters. The maximum Gasteiger partial charge on any atom is 0.344 e. The van der Waals surface area contributed by atoms with Crippen molar-refractivity contribution < 1.29 is 55.6 Å². The van der Waals surface area contributed by atoms with Crippen molar-refractivity contribution in [3.05, 3.63) is 65.5 Å². The van der Waals surface area contributed by atoms with Crippen molar-refractivity contribution in [1.29, 1.82) is 0 Å². The highest BCUT2D eigenvalue weighted by molar-refractivity contribution is 7.80. The van der Waals surface area contributed by atoms with E-state index >= 15 is 0 Å². The standard InChI is InChI=1S/C38H46N4O9S.ClH/c1-6-41(7-2)26-11-14-29-32(21-26)51-33-22-27(42(8-3)9-4)12-15-30(33)35(29)28-13-10-25(20-31(28)36(45)46)40-38(52)39-16-17-48-18-19-49-34(44)23-50-37(47)24(5)43;/h10-15,20-22,24,43H,6-9,16-19,23H2,1-5H3,(H2,39,45,46,52);1H. The predicted molar refractivity (Wildman–Crippen MR) is 204 cm³/mol. The minimum absolute atomic E-state index is 0. The molecule has 0 aromatic heterocycles. The number of fused-ring (bicyclic) bond motifs is 2. The first-order valence-corrected chi connectivity index (χ1v) is 17.8. The average molecular weight is 771 g/mol. The van der Waals surface area contributed by atoms with Crippen LogP contribution in [0.1, 0.15) is 45.0 Å². The molecule has 4 rings (SSSR count). The van der Waals surface area contributed by atoms with Crippen LogP contribution in [-0.4, -0.2) is 98.5 Å². The van der Waals surface area contributed by atoms with Gasteiger partial charge in [-0.25, -0.2) is 19.0 Å². The minimum Gasteiger partial charge on any atom is -1.00 e. The molecule has 0 amide bonds. The van der Waals surface area contributed by atoms with Gasteiger partial charge in [0.2, 0.25) is 5.36 Å². The molecule has 0 radical (unpaired) electrons. The van der Waals surface area contributed by atoms with Crippen LogP contribution >= 0.6 is 12.2 Å². The zero-order valence-corrected chi connectivity index (χ0v) is 32.1. The molecule has 0 saturated carbocycles. The summed E-state index contributed by atoms with van der Waals surface area (Å²) in [6.45, 7) is 13.0. The fourth-order valence-corrected chi connectivity index (χ4v) is 5.99. The van der Waals surface area contributed by atoms with E-state index in [2.05, 4.69) is 52.5 Å². The van der Waals surface area contributed by atoms with E-state index in [4.69, 9.17) is 31.2 Å². The van der Waals surface area contributed by atoms with Gasteiger partial charge in [-0.2, -0.15) is 0 Å². The van der Waals surface area contributed by atoms with Crippen molar-refractivity contribution in [2.24, 2.45) is 0 Å². The maximum absolute atomic E-state index is 12.8. The van der Waals surface area contributed by atoms with Gasteiger partial charge >= 0.3 is 17.9 Å². The number of nitrogens with zero attached hydrogens (tertiary/aromatic N) is 2. The van der Waals surface area contributed by atoms with E-state index in [9.17, 15) is 19.5 Å². The Morgan fingerprint density at radius 2 is 1.64 bits per heavy atom. The molecule has 2 aromatic rings. The zero-order valence-electron chi connectivity index (χ0n) is 30.6. The number of aliphatic hydroxyl groups excluding tert-OH is 1. The van der Waals surface area contributed by atoms with Gasteiger partial charge in [-0.05, 0) is 82.7 Å². The number of nitrogens with one attached hydrogen (secondary N) is 2. The summed E-state index contributed by atoms with van der Waals surface area (Å²) in [5.74, 6) is -2.10. The van der Waals surface area contributed by atoms with Gasteiger partial charge in [0.1, 0.15) is 37.1 Å². The van der Waals surface area contributed by atoms with Crippen molar-refractivity contribution in [3.63, 3.8) is 0 Å². The van der Waals surface area contributed by atoms with Crippen LogP contribution < -0.4 is 37.9 Å². The number of benzene rings is 3. The van der Waals surface area contributed by atoms with Crippen LogP contribution in [0.15, 0.2) is 59.0 Å². The highest BCUT2D eigenvalue weighted by atomic mass is 35.5. The van der Waals surface area contributed by atoms with Crippen LogP contribution in [0, 0.1) is 0 Å². The Morgan fingerprint density at radius 1 is 0.925 bits per heavy atom. The summed E-state index contributed by atoms with van der Waals surface area (Å²) < 4.78 is 23.7. The van der Waals surface area contributed by atoms with Crippen molar-refractivity contribution in [3.8, 4) is 22.5 Å². The highest BCUT2D eigenvalue weighted by Gasteiger charge is 2.23. The molecule has 4 N–H and O–H groups in total. The molecular formula is C38H47ClN4O9S. The number of esters is 2. The fourth-order valence-electron chi connectivity index (χ4n) is 5.77. The largest absolute Gasteiger partial charge is 1.00 e. The third kappa shape index (κ3) is 11.1. The molecule has 0 bridgehead atoms. The Hall–Kier alpha value is -4.76. The van der Waals surface area contributed by atoms with E-state index in [0.29, 0.717) is 29.1 Å². The van der Waals surface area contributed by atoms with Crippen LogP contribution in [0.25, 0.3) is 33.4 Å². The Balaban J connectivity index is 0.00000756. The van der Waals surface area contributed by atoms with Crippen molar-refractivity contribution in [2.75, 3.05) is 69.4 Å². The molecule has 15 heteroatoms. The molecule has 13 nitrogen and oxygen atoms in total. The van der Waals surface area contributed by atoms with Gasteiger partial charge in [0, 0.05) is 59.7 Å². The smallest absolute Gasteiger partial charge is 0.344 e. The first-order chi connectivity index (χ1) is 25.0. The maximum atomic E-state index is 12.8. The number of ether oxygens (including phenoxy) is 3. The lowest BCUT2D eigenvalue weighted by Crippen LogP contribution is -3.00. The molecule has 1 heterocycles. The van der Waals surface area contributed by atoms with E-state index in [-0.39, 0.29) is 42.9 Å². The second-order valence-electron chi connectivity index (χ2n) is 11.7. The number of hydrogen-bond donors (Lipinski definition) is 4. The van der Waals surface area contributed by atoms with Crippen LogP contribution in [0.5, 0.6) is 0 Å². The number of aromatic carboxylic acids is 1. The van der Waals surface area contributed by atoms with Crippen molar-refractivity contribution in [1.82, 2.24) is 9.89 Å². The molecule has 2 aromatic carbocycles. The van der Waals surface area contributed by atoms with E-state index in [1.54, 1.807) is 18.2 Å². The number of halogens is 1. The number of anilines is 2. The highest BCUT2D eigenvalue weighted by Crippen LogP contribution is 2.42. The number of carbonyl (C=O) groups excluding carboxylic acids is 2.